The van der Waals surface area contributed by atoms with E-state index in [4.69, 9.17) is 0 Å². The summed E-state index contributed by atoms with van der Waals surface area (Å²) in [5.74, 6) is -0.0702. The Morgan fingerprint density at radius 1 is 1.00 bits per heavy atom. The van der Waals surface area contributed by atoms with Gasteiger partial charge in [-0.25, -0.2) is 0 Å². The quantitative estimate of drug-likeness (QED) is 0.687. The molecule has 28 heavy (non-hydrogen) atoms. The highest BCUT2D eigenvalue weighted by atomic mass is 19.4. The average Bonchev–Trinajstić information content (AvgIpc) is 2.68. The molecular formula is C22H25F3N2O. The standard InChI is InChI=1S/C22H25F3N2O/c1-15(2)16-6-8-17(9-7-16)21(28)26-19-14-18(22(23,24)25)10-11-20(19)27-12-4-3-5-13-27/h6-11,14-15H,3-5,12-13H2,1-2H3,(H,26,28). The van der Waals surface area contributed by atoms with Gasteiger partial charge in [0.25, 0.3) is 5.91 Å². The lowest BCUT2D eigenvalue weighted by molar-refractivity contribution is -0.137. The minimum absolute atomic E-state index is 0.203. The molecule has 0 unspecified atom stereocenters. The van der Waals surface area contributed by atoms with Gasteiger partial charge in [0.05, 0.1) is 16.9 Å². The van der Waals surface area contributed by atoms with Crippen molar-refractivity contribution in [2.45, 2.75) is 45.2 Å². The normalized spacial score (nSPS) is 15.0. The fourth-order valence-corrected chi connectivity index (χ4v) is 3.44. The van der Waals surface area contributed by atoms with Crippen LogP contribution in [0.5, 0.6) is 0 Å². The Morgan fingerprint density at radius 2 is 1.64 bits per heavy atom. The number of nitrogens with zero attached hydrogens (tertiary/aromatic N) is 1. The summed E-state index contributed by atoms with van der Waals surface area (Å²) in [7, 11) is 0. The second kappa shape index (κ2) is 8.25. The topological polar surface area (TPSA) is 32.3 Å². The number of rotatable bonds is 4. The van der Waals surface area contributed by atoms with Crippen molar-refractivity contribution in [3.05, 3.63) is 59.2 Å². The minimum Gasteiger partial charge on any atom is -0.370 e. The van der Waals surface area contributed by atoms with Gasteiger partial charge in [-0.15, -0.1) is 0 Å². The van der Waals surface area contributed by atoms with Crippen molar-refractivity contribution < 1.29 is 18.0 Å². The smallest absolute Gasteiger partial charge is 0.370 e. The Balaban J connectivity index is 1.90. The van der Waals surface area contributed by atoms with E-state index in [-0.39, 0.29) is 5.69 Å². The third-order valence-electron chi connectivity index (χ3n) is 5.11. The maximum Gasteiger partial charge on any atom is 0.416 e. The number of amides is 1. The summed E-state index contributed by atoms with van der Waals surface area (Å²) in [5, 5.41) is 2.70. The van der Waals surface area contributed by atoms with Crippen LogP contribution in [0.15, 0.2) is 42.5 Å². The first kappa shape index (κ1) is 20.2. The van der Waals surface area contributed by atoms with Gasteiger partial charge in [0.2, 0.25) is 0 Å². The van der Waals surface area contributed by atoms with E-state index in [9.17, 15) is 18.0 Å². The first-order chi connectivity index (χ1) is 13.3. The zero-order valence-electron chi connectivity index (χ0n) is 16.1. The second-order valence-electron chi connectivity index (χ2n) is 7.51. The molecule has 1 aliphatic rings. The SMILES string of the molecule is CC(C)c1ccc(C(=O)Nc2cc(C(F)(F)F)ccc2N2CCCCC2)cc1. The molecule has 0 spiro atoms. The van der Waals surface area contributed by atoms with Crippen LogP contribution in [0.4, 0.5) is 24.5 Å². The molecule has 1 saturated heterocycles. The fraction of sp³-hybridized carbons (Fsp3) is 0.409. The molecular weight excluding hydrogens is 365 g/mol. The van der Waals surface area contributed by atoms with Crippen LogP contribution in [0.3, 0.4) is 0 Å². The van der Waals surface area contributed by atoms with Crippen molar-refractivity contribution >= 4 is 17.3 Å². The van der Waals surface area contributed by atoms with Crippen LogP contribution in [0, 0.1) is 0 Å². The molecule has 1 aliphatic heterocycles. The maximum absolute atomic E-state index is 13.2. The number of hydrogen-bond donors (Lipinski definition) is 1. The van der Waals surface area contributed by atoms with E-state index in [2.05, 4.69) is 19.2 Å². The third-order valence-corrected chi connectivity index (χ3v) is 5.11. The lowest BCUT2D eigenvalue weighted by Gasteiger charge is -2.31. The summed E-state index contributed by atoms with van der Waals surface area (Å²) < 4.78 is 39.6. The predicted molar refractivity (Wildman–Crippen MR) is 106 cm³/mol. The number of piperidine rings is 1. The number of halogens is 3. The molecule has 0 atom stereocenters. The molecule has 1 heterocycles. The van der Waals surface area contributed by atoms with E-state index in [1.54, 1.807) is 12.1 Å². The van der Waals surface area contributed by atoms with Crippen LogP contribution >= 0.6 is 0 Å². The van der Waals surface area contributed by atoms with Gasteiger partial charge in [-0.3, -0.25) is 4.79 Å². The zero-order chi connectivity index (χ0) is 20.3. The summed E-state index contributed by atoms with van der Waals surface area (Å²) in [4.78, 5) is 14.7. The maximum atomic E-state index is 13.2. The van der Waals surface area contributed by atoms with Crippen molar-refractivity contribution in [3.8, 4) is 0 Å². The molecule has 0 saturated carbocycles. The lowest BCUT2D eigenvalue weighted by Crippen LogP contribution is -2.30. The first-order valence-electron chi connectivity index (χ1n) is 9.63. The van der Waals surface area contributed by atoms with E-state index in [0.29, 0.717) is 17.2 Å². The van der Waals surface area contributed by atoms with Gasteiger partial charge < -0.3 is 10.2 Å². The van der Waals surface area contributed by atoms with Crippen molar-refractivity contribution in [1.29, 1.82) is 0 Å². The Kier molecular flexibility index (Phi) is 5.96. The van der Waals surface area contributed by atoms with Crippen molar-refractivity contribution in [1.82, 2.24) is 0 Å². The molecule has 0 aromatic heterocycles. The Bertz CT molecular complexity index is 823. The Labute approximate surface area is 163 Å². The zero-order valence-corrected chi connectivity index (χ0v) is 16.1. The number of carbonyl (C=O) groups excluding carboxylic acids is 1. The van der Waals surface area contributed by atoms with Gasteiger partial charge in [0.15, 0.2) is 0 Å². The number of carbonyl (C=O) groups is 1. The number of nitrogens with one attached hydrogen (secondary N) is 1. The molecule has 3 rings (SSSR count). The molecule has 150 valence electrons. The van der Waals surface area contributed by atoms with Crippen LogP contribution in [0.1, 0.15) is 60.5 Å². The highest BCUT2D eigenvalue weighted by Crippen LogP contribution is 2.36. The predicted octanol–water partition coefficient (Wildman–Crippen LogP) is 6.07. The largest absolute Gasteiger partial charge is 0.416 e. The summed E-state index contributed by atoms with van der Waals surface area (Å²) in [6, 6.07) is 10.7. The molecule has 1 fully saturated rings. The van der Waals surface area contributed by atoms with Crippen molar-refractivity contribution in [2.75, 3.05) is 23.3 Å². The van der Waals surface area contributed by atoms with Crippen LogP contribution in [-0.4, -0.2) is 19.0 Å². The van der Waals surface area contributed by atoms with E-state index in [0.717, 1.165) is 50.0 Å². The molecule has 6 heteroatoms. The first-order valence-corrected chi connectivity index (χ1v) is 9.63. The third kappa shape index (κ3) is 4.66. The van der Waals surface area contributed by atoms with Crippen LogP contribution < -0.4 is 10.2 Å². The van der Waals surface area contributed by atoms with Gasteiger partial charge in [-0.2, -0.15) is 13.2 Å². The van der Waals surface area contributed by atoms with E-state index >= 15 is 0 Å². The minimum atomic E-state index is -4.46. The lowest BCUT2D eigenvalue weighted by atomic mass is 10.0. The van der Waals surface area contributed by atoms with E-state index in [1.165, 1.54) is 6.07 Å². The summed E-state index contributed by atoms with van der Waals surface area (Å²) in [5.41, 5.74) is 1.60. The molecule has 0 radical (unpaired) electrons. The Morgan fingerprint density at radius 3 is 2.21 bits per heavy atom. The summed E-state index contributed by atoms with van der Waals surface area (Å²) in [6.07, 6.45) is -1.37. The van der Waals surface area contributed by atoms with E-state index in [1.807, 2.05) is 17.0 Å². The van der Waals surface area contributed by atoms with Gasteiger partial charge in [0, 0.05) is 18.7 Å². The van der Waals surface area contributed by atoms with Gasteiger partial charge >= 0.3 is 6.18 Å². The average molecular weight is 390 g/mol. The second-order valence-corrected chi connectivity index (χ2v) is 7.51. The monoisotopic (exact) mass is 390 g/mol. The molecule has 2 aromatic rings. The number of anilines is 2. The number of benzene rings is 2. The highest BCUT2D eigenvalue weighted by molar-refractivity contribution is 6.06. The van der Waals surface area contributed by atoms with Crippen molar-refractivity contribution in [2.24, 2.45) is 0 Å². The molecule has 0 bridgehead atoms. The Hall–Kier alpha value is -2.50. The molecule has 1 N–H and O–H groups in total. The number of alkyl halides is 3. The molecule has 1 amide bonds. The fourth-order valence-electron chi connectivity index (χ4n) is 3.44. The number of hydrogen-bond acceptors (Lipinski definition) is 2. The summed E-state index contributed by atoms with van der Waals surface area (Å²) in [6.45, 7) is 5.67. The molecule has 3 nitrogen and oxygen atoms in total. The van der Waals surface area contributed by atoms with E-state index < -0.39 is 17.6 Å². The van der Waals surface area contributed by atoms with Crippen LogP contribution in [-0.2, 0) is 6.18 Å². The van der Waals surface area contributed by atoms with Gasteiger partial charge in [0.1, 0.15) is 0 Å². The van der Waals surface area contributed by atoms with Crippen molar-refractivity contribution in [3.63, 3.8) is 0 Å². The van der Waals surface area contributed by atoms with Crippen LogP contribution in [0.25, 0.3) is 0 Å². The van der Waals surface area contributed by atoms with Gasteiger partial charge in [-0.05, 0) is 61.1 Å². The van der Waals surface area contributed by atoms with Gasteiger partial charge in [-0.1, -0.05) is 26.0 Å². The summed E-state index contributed by atoms with van der Waals surface area (Å²) >= 11 is 0. The molecule has 0 aliphatic carbocycles. The molecule has 2 aromatic carbocycles. The van der Waals surface area contributed by atoms with Crippen LogP contribution in [0.2, 0.25) is 0 Å². The highest BCUT2D eigenvalue weighted by Gasteiger charge is 2.32.